The molecule has 2 aromatic rings. The molecule has 0 saturated carbocycles. The van der Waals surface area contributed by atoms with E-state index in [2.05, 4.69) is 24.1 Å². The Labute approximate surface area is 117 Å². The van der Waals surface area contributed by atoms with E-state index in [1.54, 1.807) is 6.33 Å². The minimum atomic E-state index is -0.535. The average Bonchev–Trinajstić information content (AvgIpc) is 2.80. The van der Waals surface area contributed by atoms with Crippen LogP contribution < -0.4 is 5.32 Å². The summed E-state index contributed by atoms with van der Waals surface area (Å²) in [5.74, 6) is -1.07. The Bertz CT molecular complexity index is 544. The molecule has 20 heavy (non-hydrogen) atoms. The highest BCUT2D eigenvalue weighted by Crippen LogP contribution is 2.10. The molecule has 0 fully saturated rings. The molecule has 5 heteroatoms. The van der Waals surface area contributed by atoms with Crippen molar-refractivity contribution in [3.63, 3.8) is 0 Å². The first kappa shape index (κ1) is 14.7. The maximum Gasteiger partial charge on any atom is 0.126 e. The van der Waals surface area contributed by atoms with Gasteiger partial charge in [0, 0.05) is 31.4 Å². The molecule has 0 unspecified atom stereocenters. The summed E-state index contributed by atoms with van der Waals surface area (Å²) in [4.78, 5) is 4.12. The Morgan fingerprint density at radius 3 is 2.55 bits per heavy atom. The first-order chi connectivity index (χ1) is 9.54. The Hall–Kier alpha value is -1.75. The predicted molar refractivity (Wildman–Crippen MR) is 74.3 cm³/mol. The average molecular weight is 279 g/mol. The van der Waals surface area contributed by atoms with Gasteiger partial charge in [0.1, 0.15) is 11.6 Å². The van der Waals surface area contributed by atoms with Gasteiger partial charge in [0.05, 0.1) is 12.0 Å². The van der Waals surface area contributed by atoms with Gasteiger partial charge < -0.3 is 9.88 Å². The second-order valence-electron chi connectivity index (χ2n) is 5.14. The van der Waals surface area contributed by atoms with Crippen LogP contribution in [0.5, 0.6) is 0 Å². The van der Waals surface area contributed by atoms with E-state index in [-0.39, 0.29) is 0 Å². The summed E-state index contributed by atoms with van der Waals surface area (Å²) in [6.07, 6.45) is 4.12. The number of rotatable bonds is 6. The van der Waals surface area contributed by atoms with Crippen LogP contribution in [-0.4, -0.2) is 15.6 Å². The van der Waals surface area contributed by atoms with Crippen LogP contribution in [0.2, 0.25) is 0 Å². The van der Waals surface area contributed by atoms with Gasteiger partial charge in [-0.15, -0.1) is 0 Å². The van der Waals surface area contributed by atoms with Gasteiger partial charge in [-0.3, -0.25) is 0 Å². The lowest BCUT2D eigenvalue weighted by Crippen LogP contribution is -2.23. The van der Waals surface area contributed by atoms with Crippen LogP contribution in [0.25, 0.3) is 0 Å². The monoisotopic (exact) mass is 279 g/mol. The summed E-state index contributed by atoms with van der Waals surface area (Å²) in [6, 6.07) is 4.02. The molecule has 0 radical (unpaired) electrons. The Morgan fingerprint density at radius 1 is 1.20 bits per heavy atom. The van der Waals surface area contributed by atoms with Crippen molar-refractivity contribution in [1.82, 2.24) is 14.9 Å². The minimum Gasteiger partial charge on any atom is -0.333 e. The quantitative estimate of drug-likeness (QED) is 0.881. The zero-order valence-electron chi connectivity index (χ0n) is 11.7. The summed E-state index contributed by atoms with van der Waals surface area (Å²) in [7, 11) is 0. The van der Waals surface area contributed by atoms with Crippen molar-refractivity contribution in [2.24, 2.45) is 0 Å². The topological polar surface area (TPSA) is 29.9 Å². The molecule has 0 bridgehead atoms. The number of benzene rings is 1. The van der Waals surface area contributed by atoms with Gasteiger partial charge in [-0.05, 0) is 24.1 Å². The van der Waals surface area contributed by atoms with Crippen molar-refractivity contribution >= 4 is 0 Å². The standard InChI is InChI=1S/C15H19F2N3/c1-11(2)19-9-15-8-18-10-20(15)4-3-12-5-13(16)7-14(17)6-12/h5-8,10-11,19H,3-4,9H2,1-2H3. The van der Waals surface area contributed by atoms with Crippen molar-refractivity contribution in [3.05, 3.63) is 53.6 Å². The van der Waals surface area contributed by atoms with Gasteiger partial charge in [-0.25, -0.2) is 13.8 Å². The maximum absolute atomic E-state index is 13.1. The van der Waals surface area contributed by atoms with E-state index in [0.29, 0.717) is 24.6 Å². The van der Waals surface area contributed by atoms with Gasteiger partial charge >= 0.3 is 0 Å². The molecule has 0 saturated heterocycles. The lowest BCUT2D eigenvalue weighted by molar-refractivity contribution is 0.551. The van der Waals surface area contributed by atoms with E-state index >= 15 is 0 Å². The summed E-state index contributed by atoms with van der Waals surface area (Å²) in [6.45, 7) is 5.54. The molecule has 1 aromatic carbocycles. The molecule has 2 rings (SSSR count). The Balaban J connectivity index is 1.98. The molecule has 0 aliphatic rings. The molecule has 0 aliphatic carbocycles. The van der Waals surface area contributed by atoms with Gasteiger partial charge in [0.25, 0.3) is 0 Å². The van der Waals surface area contributed by atoms with Crippen LogP contribution in [0.15, 0.2) is 30.7 Å². The Morgan fingerprint density at radius 2 is 1.90 bits per heavy atom. The van der Waals surface area contributed by atoms with Crippen LogP contribution in [0.3, 0.4) is 0 Å². The van der Waals surface area contributed by atoms with E-state index in [1.807, 2.05) is 10.8 Å². The molecule has 1 aromatic heterocycles. The van der Waals surface area contributed by atoms with Crippen molar-refractivity contribution in [3.8, 4) is 0 Å². The third-order valence-corrected chi connectivity index (χ3v) is 3.05. The summed E-state index contributed by atoms with van der Waals surface area (Å²) < 4.78 is 28.2. The van der Waals surface area contributed by atoms with Crippen molar-refractivity contribution in [2.75, 3.05) is 0 Å². The molecule has 0 atom stereocenters. The molecule has 1 N–H and O–H groups in total. The summed E-state index contributed by atoms with van der Waals surface area (Å²) in [5.41, 5.74) is 1.72. The maximum atomic E-state index is 13.1. The van der Waals surface area contributed by atoms with E-state index in [1.165, 1.54) is 12.1 Å². The summed E-state index contributed by atoms with van der Waals surface area (Å²) >= 11 is 0. The van der Waals surface area contributed by atoms with Gasteiger partial charge in [0.15, 0.2) is 0 Å². The molecule has 3 nitrogen and oxygen atoms in total. The van der Waals surface area contributed by atoms with Crippen molar-refractivity contribution in [1.29, 1.82) is 0 Å². The Kier molecular flexibility index (Phi) is 4.84. The minimum absolute atomic E-state index is 0.399. The third kappa shape index (κ3) is 4.13. The van der Waals surface area contributed by atoms with Crippen LogP contribution in [-0.2, 0) is 19.5 Å². The number of nitrogens with zero attached hydrogens (tertiary/aromatic N) is 2. The first-order valence-electron chi connectivity index (χ1n) is 6.72. The largest absolute Gasteiger partial charge is 0.333 e. The number of halogens is 2. The number of aryl methyl sites for hydroxylation is 2. The molecule has 0 amide bonds. The van der Waals surface area contributed by atoms with Gasteiger partial charge in [-0.2, -0.15) is 0 Å². The van der Waals surface area contributed by atoms with E-state index in [0.717, 1.165) is 18.3 Å². The van der Waals surface area contributed by atoms with Crippen LogP contribution in [0.4, 0.5) is 8.78 Å². The fourth-order valence-corrected chi connectivity index (χ4v) is 2.01. The van der Waals surface area contributed by atoms with Crippen LogP contribution in [0, 0.1) is 11.6 Å². The van der Waals surface area contributed by atoms with Crippen molar-refractivity contribution < 1.29 is 8.78 Å². The zero-order chi connectivity index (χ0) is 14.5. The lowest BCUT2D eigenvalue weighted by Gasteiger charge is -2.11. The van der Waals surface area contributed by atoms with E-state index in [9.17, 15) is 8.78 Å². The number of hydrogen-bond donors (Lipinski definition) is 1. The van der Waals surface area contributed by atoms with E-state index in [4.69, 9.17) is 0 Å². The number of imidazole rings is 1. The van der Waals surface area contributed by atoms with E-state index < -0.39 is 11.6 Å². The molecule has 108 valence electrons. The zero-order valence-corrected chi connectivity index (χ0v) is 11.7. The highest BCUT2D eigenvalue weighted by molar-refractivity contribution is 5.18. The highest BCUT2D eigenvalue weighted by Gasteiger charge is 2.05. The fourth-order valence-electron chi connectivity index (χ4n) is 2.01. The smallest absolute Gasteiger partial charge is 0.126 e. The lowest BCUT2D eigenvalue weighted by atomic mass is 10.1. The first-order valence-corrected chi connectivity index (χ1v) is 6.72. The number of aromatic nitrogens is 2. The molecule has 1 heterocycles. The molecular weight excluding hydrogens is 260 g/mol. The number of nitrogens with one attached hydrogen (secondary N) is 1. The summed E-state index contributed by atoms with van der Waals surface area (Å²) in [5, 5.41) is 3.32. The van der Waals surface area contributed by atoms with Gasteiger partial charge in [-0.1, -0.05) is 13.8 Å². The SMILES string of the molecule is CC(C)NCc1cncn1CCc1cc(F)cc(F)c1. The second kappa shape index (κ2) is 6.61. The molecular formula is C15H19F2N3. The molecule has 0 aliphatic heterocycles. The van der Waals surface area contributed by atoms with Gasteiger partial charge in [0.2, 0.25) is 0 Å². The predicted octanol–water partition coefficient (Wildman–Crippen LogP) is 2.90. The fraction of sp³-hybridized carbons (Fsp3) is 0.400. The normalized spacial score (nSPS) is 11.2. The van der Waals surface area contributed by atoms with Crippen LogP contribution in [0.1, 0.15) is 25.1 Å². The highest BCUT2D eigenvalue weighted by atomic mass is 19.1. The second-order valence-corrected chi connectivity index (χ2v) is 5.14. The van der Waals surface area contributed by atoms with Crippen molar-refractivity contribution in [2.45, 2.75) is 39.4 Å². The molecule has 0 spiro atoms. The number of hydrogen-bond acceptors (Lipinski definition) is 2. The van der Waals surface area contributed by atoms with Crippen LogP contribution >= 0.6 is 0 Å². The third-order valence-electron chi connectivity index (χ3n) is 3.05.